The summed E-state index contributed by atoms with van der Waals surface area (Å²) in [5.41, 5.74) is 0.690. The van der Waals surface area contributed by atoms with Crippen LogP contribution in [0.2, 0.25) is 0 Å². The van der Waals surface area contributed by atoms with Crippen LogP contribution in [0.1, 0.15) is 27.8 Å². The third kappa shape index (κ3) is 3.54. The lowest BCUT2D eigenvalue weighted by molar-refractivity contribution is -0.129. The summed E-state index contributed by atoms with van der Waals surface area (Å²) in [6, 6.07) is 8.17. The first-order valence-electron chi connectivity index (χ1n) is 8.38. The second kappa shape index (κ2) is 7.80. The van der Waals surface area contributed by atoms with Gasteiger partial charge in [0, 0.05) is 12.7 Å². The van der Waals surface area contributed by atoms with Gasteiger partial charge in [0.2, 0.25) is 5.78 Å². The number of Topliss-reactive ketones (excluding diaryl/α,β-unsaturated/α-hetero) is 1. The van der Waals surface area contributed by atoms with Gasteiger partial charge in [-0.3, -0.25) is 14.6 Å². The second-order valence-corrected chi connectivity index (χ2v) is 7.33. The number of hydrogen-bond acceptors (Lipinski definition) is 6. The topological polar surface area (TPSA) is 73.7 Å². The van der Waals surface area contributed by atoms with Gasteiger partial charge in [-0.1, -0.05) is 12.1 Å². The van der Waals surface area contributed by atoms with Crippen LogP contribution >= 0.6 is 11.3 Å². The molecule has 6 nitrogen and oxygen atoms in total. The maximum absolute atomic E-state index is 13.0. The van der Waals surface area contributed by atoms with Gasteiger partial charge in [-0.2, -0.15) is 0 Å². The van der Waals surface area contributed by atoms with Crippen LogP contribution in [0.15, 0.2) is 53.2 Å². The molecule has 1 amide bonds. The zero-order valence-corrected chi connectivity index (χ0v) is 15.6. The molecule has 0 saturated heterocycles. The highest BCUT2D eigenvalue weighted by atomic mass is 32.1. The van der Waals surface area contributed by atoms with Gasteiger partial charge >= 0.3 is 0 Å². The average Bonchev–Trinajstić information content (AvgIpc) is 3.24. The van der Waals surface area contributed by atoms with Crippen molar-refractivity contribution in [2.75, 3.05) is 27.2 Å². The van der Waals surface area contributed by atoms with E-state index in [1.165, 1.54) is 11.3 Å². The van der Waals surface area contributed by atoms with Gasteiger partial charge in [-0.25, -0.2) is 0 Å². The Bertz CT molecular complexity index is 816. The maximum atomic E-state index is 13.0. The van der Waals surface area contributed by atoms with Crippen molar-refractivity contribution in [2.24, 2.45) is 0 Å². The largest absolute Gasteiger partial charge is 0.503 e. The van der Waals surface area contributed by atoms with Crippen molar-refractivity contribution in [3.05, 3.63) is 63.8 Å². The zero-order valence-electron chi connectivity index (χ0n) is 14.8. The Morgan fingerprint density at radius 3 is 2.73 bits per heavy atom. The van der Waals surface area contributed by atoms with E-state index in [0.717, 1.165) is 13.0 Å². The Hall–Kier alpha value is -2.51. The number of nitrogens with zero attached hydrogens (tertiary/aromatic N) is 3. The fourth-order valence-corrected chi connectivity index (χ4v) is 3.74. The number of ketones is 1. The third-order valence-electron chi connectivity index (χ3n) is 4.27. The smallest absolute Gasteiger partial charge is 0.290 e. The van der Waals surface area contributed by atoms with Gasteiger partial charge in [0.25, 0.3) is 5.91 Å². The standard InChI is InChI=1S/C19H21N3O3S/c1-21(2)10-6-11-22-16(13-7-3-4-9-20-13)15(18(24)19(22)25)17(23)14-8-5-12-26-14/h3-5,7-9,12,16,24H,6,10-11H2,1-2H3/t16-/m0/s1. The van der Waals surface area contributed by atoms with Crippen molar-refractivity contribution < 1.29 is 14.7 Å². The molecule has 3 rings (SSSR count). The summed E-state index contributed by atoms with van der Waals surface area (Å²) in [4.78, 5) is 34.0. The summed E-state index contributed by atoms with van der Waals surface area (Å²) in [6.07, 6.45) is 2.36. The van der Waals surface area contributed by atoms with E-state index in [-0.39, 0.29) is 11.4 Å². The van der Waals surface area contributed by atoms with Crippen molar-refractivity contribution in [3.8, 4) is 0 Å². The molecule has 0 radical (unpaired) electrons. The van der Waals surface area contributed by atoms with Crippen molar-refractivity contribution in [3.63, 3.8) is 0 Å². The quantitative estimate of drug-likeness (QED) is 0.758. The van der Waals surface area contributed by atoms with Crippen molar-refractivity contribution in [1.82, 2.24) is 14.8 Å². The summed E-state index contributed by atoms with van der Waals surface area (Å²) in [5, 5.41) is 12.3. The Kier molecular flexibility index (Phi) is 5.49. The number of rotatable bonds is 7. The number of pyridine rings is 1. The highest BCUT2D eigenvalue weighted by molar-refractivity contribution is 7.12. The van der Waals surface area contributed by atoms with Crippen LogP contribution in [-0.4, -0.2) is 58.8 Å². The molecule has 0 bridgehead atoms. The summed E-state index contributed by atoms with van der Waals surface area (Å²) >= 11 is 1.29. The SMILES string of the molecule is CN(C)CCCN1C(=O)C(O)=C(C(=O)c2cccs2)[C@@H]1c1ccccn1. The molecule has 7 heteroatoms. The number of carbonyl (C=O) groups is 2. The van der Waals surface area contributed by atoms with Crippen molar-refractivity contribution in [1.29, 1.82) is 0 Å². The normalized spacial score (nSPS) is 17.4. The van der Waals surface area contributed by atoms with Crippen LogP contribution in [0.5, 0.6) is 0 Å². The molecule has 1 aliphatic heterocycles. The second-order valence-electron chi connectivity index (χ2n) is 6.38. The highest BCUT2D eigenvalue weighted by Crippen LogP contribution is 2.38. The van der Waals surface area contributed by atoms with E-state index in [2.05, 4.69) is 4.98 Å². The minimum absolute atomic E-state index is 0.112. The van der Waals surface area contributed by atoms with E-state index in [0.29, 0.717) is 17.1 Å². The van der Waals surface area contributed by atoms with Crippen LogP contribution in [-0.2, 0) is 4.79 Å². The van der Waals surface area contributed by atoms with Crippen LogP contribution in [0.4, 0.5) is 0 Å². The fraction of sp³-hybridized carbons (Fsp3) is 0.316. The fourth-order valence-electron chi connectivity index (χ4n) is 3.06. The summed E-state index contributed by atoms with van der Waals surface area (Å²) in [5.74, 6) is -1.31. The number of aliphatic hydroxyl groups excluding tert-OH is 1. The predicted molar refractivity (Wildman–Crippen MR) is 100 cm³/mol. The molecule has 3 heterocycles. The van der Waals surface area contributed by atoms with Crippen LogP contribution in [0.3, 0.4) is 0 Å². The van der Waals surface area contributed by atoms with Gasteiger partial charge in [-0.05, 0) is 50.6 Å². The van der Waals surface area contributed by atoms with E-state index in [1.807, 2.05) is 25.1 Å². The highest BCUT2D eigenvalue weighted by Gasteiger charge is 2.44. The molecule has 2 aromatic heterocycles. The van der Waals surface area contributed by atoms with E-state index in [9.17, 15) is 14.7 Å². The lowest BCUT2D eigenvalue weighted by Gasteiger charge is -2.26. The molecule has 0 spiro atoms. The van der Waals surface area contributed by atoms with Crippen LogP contribution in [0, 0.1) is 0 Å². The predicted octanol–water partition coefficient (Wildman–Crippen LogP) is 2.67. The minimum Gasteiger partial charge on any atom is -0.503 e. The molecule has 26 heavy (non-hydrogen) atoms. The lowest BCUT2D eigenvalue weighted by atomic mass is 9.99. The van der Waals surface area contributed by atoms with E-state index >= 15 is 0 Å². The monoisotopic (exact) mass is 371 g/mol. The lowest BCUT2D eigenvalue weighted by Crippen LogP contribution is -2.33. The molecule has 1 N–H and O–H groups in total. The van der Waals surface area contributed by atoms with Gasteiger partial charge in [0.1, 0.15) is 6.04 Å². The molecule has 1 atom stereocenters. The minimum atomic E-state index is -0.666. The number of aliphatic hydroxyl groups is 1. The first-order valence-corrected chi connectivity index (χ1v) is 9.26. The molecular weight excluding hydrogens is 350 g/mol. The molecule has 0 unspecified atom stereocenters. The third-order valence-corrected chi connectivity index (χ3v) is 5.13. The van der Waals surface area contributed by atoms with Gasteiger partial charge in [-0.15, -0.1) is 11.3 Å². The van der Waals surface area contributed by atoms with E-state index < -0.39 is 17.7 Å². The molecule has 0 saturated carbocycles. The van der Waals surface area contributed by atoms with Crippen LogP contribution in [0.25, 0.3) is 0 Å². The molecule has 136 valence electrons. The first kappa shape index (κ1) is 18.3. The molecule has 0 fully saturated rings. The van der Waals surface area contributed by atoms with E-state index in [1.54, 1.807) is 40.7 Å². The summed E-state index contributed by atoms with van der Waals surface area (Å²) < 4.78 is 0. The van der Waals surface area contributed by atoms with Gasteiger partial charge in [0.15, 0.2) is 5.76 Å². The Balaban J connectivity index is 1.97. The molecular formula is C19H21N3O3S. The number of amides is 1. The number of carbonyl (C=O) groups excluding carboxylic acids is 2. The van der Waals surface area contributed by atoms with Crippen molar-refractivity contribution >= 4 is 23.0 Å². The maximum Gasteiger partial charge on any atom is 0.290 e. The molecule has 0 aliphatic carbocycles. The van der Waals surface area contributed by atoms with Gasteiger partial charge in [0.05, 0.1) is 16.1 Å². The number of thiophene rings is 1. The Labute approximate surface area is 156 Å². The molecule has 0 aromatic carbocycles. The number of aromatic nitrogens is 1. The summed E-state index contributed by atoms with van der Waals surface area (Å²) in [7, 11) is 3.92. The van der Waals surface area contributed by atoms with E-state index in [4.69, 9.17) is 0 Å². The number of hydrogen-bond donors (Lipinski definition) is 1. The first-order chi connectivity index (χ1) is 12.5. The zero-order chi connectivity index (χ0) is 18.7. The molecule has 2 aromatic rings. The average molecular weight is 371 g/mol. The van der Waals surface area contributed by atoms with Crippen molar-refractivity contribution in [2.45, 2.75) is 12.5 Å². The van der Waals surface area contributed by atoms with Gasteiger partial charge < -0.3 is 14.9 Å². The van der Waals surface area contributed by atoms with Crippen LogP contribution < -0.4 is 0 Å². The Morgan fingerprint density at radius 1 is 1.31 bits per heavy atom. The Morgan fingerprint density at radius 2 is 2.12 bits per heavy atom. The molecule has 1 aliphatic rings. The summed E-state index contributed by atoms with van der Waals surface area (Å²) in [6.45, 7) is 1.23.